The highest BCUT2D eigenvalue weighted by Gasteiger charge is 2.41. The molecule has 8 nitrogen and oxygen atoms in total. The van der Waals surface area contributed by atoms with Crippen LogP contribution in [0.1, 0.15) is 43.4 Å². The quantitative estimate of drug-likeness (QED) is 0.643. The van der Waals surface area contributed by atoms with Gasteiger partial charge in [0.25, 0.3) is 0 Å². The molecule has 2 aromatic rings. The minimum atomic E-state index is -0.594. The van der Waals surface area contributed by atoms with Gasteiger partial charge in [0.1, 0.15) is 11.4 Å². The van der Waals surface area contributed by atoms with E-state index in [1.54, 1.807) is 44.2 Å². The molecule has 0 saturated carbocycles. The monoisotopic (exact) mass is 487 g/mol. The first-order chi connectivity index (χ1) is 16.4. The van der Waals surface area contributed by atoms with E-state index in [0.717, 1.165) is 11.3 Å². The number of phenols is 1. The molecule has 1 saturated heterocycles. The van der Waals surface area contributed by atoms with Gasteiger partial charge in [-0.25, -0.2) is 4.79 Å². The van der Waals surface area contributed by atoms with Crippen LogP contribution < -0.4 is 14.8 Å². The number of rotatable bonds is 5. The van der Waals surface area contributed by atoms with Crippen molar-refractivity contribution in [2.75, 3.05) is 33.9 Å². The molecule has 0 bridgehead atoms. The summed E-state index contributed by atoms with van der Waals surface area (Å²) >= 11 is 6.25. The van der Waals surface area contributed by atoms with Gasteiger partial charge in [0.15, 0.2) is 11.5 Å². The number of halogens is 1. The van der Waals surface area contributed by atoms with Crippen LogP contribution in [0.5, 0.6) is 17.2 Å². The van der Waals surface area contributed by atoms with Gasteiger partial charge in [-0.05, 0) is 42.8 Å². The summed E-state index contributed by atoms with van der Waals surface area (Å²) in [5.74, 6) is 1.43. The highest BCUT2D eigenvalue weighted by molar-refractivity contribution is 6.31. The zero-order valence-corrected chi connectivity index (χ0v) is 20.4. The number of aromatic hydroxyl groups is 1. The second-order valence-corrected chi connectivity index (χ2v) is 8.89. The number of amides is 1. The summed E-state index contributed by atoms with van der Waals surface area (Å²) in [5, 5.41) is 14.8. The van der Waals surface area contributed by atoms with E-state index in [9.17, 15) is 9.90 Å². The van der Waals surface area contributed by atoms with Gasteiger partial charge in [0, 0.05) is 54.7 Å². The largest absolute Gasteiger partial charge is 0.507 e. The molecule has 4 rings (SSSR count). The van der Waals surface area contributed by atoms with Crippen LogP contribution in [0.25, 0.3) is 0 Å². The number of carbonyl (C=O) groups excluding carboxylic acids is 1. The predicted octanol–water partition coefficient (Wildman–Crippen LogP) is 4.54. The Bertz CT molecular complexity index is 1080. The predicted molar refractivity (Wildman–Crippen MR) is 130 cm³/mol. The Morgan fingerprint density at radius 2 is 1.91 bits per heavy atom. The van der Waals surface area contributed by atoms with Gasteiger partial charge in [0.05, 0.1) is 20.8 Å². The van der Waals surface area contributed by atoms with Crippen LogP contribution in [-0.2, 0) is 4.74 Å². The number of carbonyl (C=O) groups is 1. The standard InChI is InChI=1S/C25H30ClN3O5/c1-4-34-24(31)29-11-9-25(10-12-29)27-19(16-5-8-22(32-2)23(13-16)33-3)15-20(28-25)18-14-17(26)6-7-21(18)30/h5-8,13-14,19,27,30H,4,9-12,15H2,1-3H3/t19-/m0/s1. The molecule has 0 radical (unpaired) electrons. The Hall–Kier alpha value is -2.97. The molecule has 1 amide bonds. The van der Waals surface area contributed by atoms with E-state index in [0.29, 0.717) is 61.0 Å². The van der Waals surface area contributed by atoms with Crippen molar-refractivity contribution in [3.05, 3.63) is 52.5 Å². The molecule has 2 N–H and O–H groups in total. The number of likely N-dealkylation sites (tertiary alicyclic amines) is 1. The van der Waals surface area contributed by atoms with Gasteiger partial charge in [-0.15, -0.1) is 0 Å². The summed E-state index contributed by atoms with van der Waals surface area (Å²) in [6.07, 6.45) is 1.47. The van der Waals surface area contributed by atoms with Crippen LogP contribution in [-0.4, -0.2) is 61.4 Å². The van der Waals surface area contributed by atoms with Crippen molar-refractivity contribution in [2.24, 2.45) is 4.99 Å². The summed E-state index contributed by atoms with van der Waals surface area (Å²) < 4.78 is 16.1. The zero-order valence-electron chi connectivity index (χ0n) is 19.6. The summed E-state index contributed by atoms with van der Waals surface area (Å²) in [7, 11) is 3.22. The molecule has 0 aliphatic carbocycles. The molecule has 1 atom stereocenters. The smallest absolute Gasteiger partial charge is 0.409 e. The molecule has 0 aromatic heterocycles. The first-order valence-corrected chi connectivity index (χ1v) is 11.7. The molecule has 2 aromatic carbocycles. The minimum Gasteiger partial charge on any atom is -0.507 e. The van der Waals surface area contributed by atoms with E-state index in [2.05, 4.69) is 5.32 Å². The van der Waals surface area contributed by atoms with Gasteiger partial charge in [-0.2, -0.15) is 0 Å². The molecule has 1 fully saturated rings. The highest BCUT2D eigenvalue weighted by atomic mass is 35.5. The van der Waals surface area contributed by atoms with Crippen molar-refractivity contribution in [1.82, 2.24) is 10.2 Å². The van der Waals surface area contributed by atoms with Crippen LogP contribution >= 0.6 is 11.6 Å². The number of piperidine rings is 1. The normalized spacial score (nSPS) is 19.5. The number of aliphatic imine (C=N–C) groups is 1. The van der Waals surface area contributed by atoms with Crippen molar-refractivity contribution in [3.8, 4) is 17.2 Å². The lowest BCUT2D eigenvalue weighted by Gasteiger charge is -2.45. The molecule has 2 aliphatic rings. The van der Waals surface area contributed by atoms with Gasteiger partial charge in [-0.1, -0.05) is 17.7 Å². The van der Waals surface area contributed by atoms with Crippen molar-refractivity contribution < 1.29 is 24.1 Å². The fourth-order valence-electron chi connectivity index (χ4n) is 4.62. The zero-order chi connectivity index (χ0) is 24.3. The molecule has 182 valence electrons. The van der Waals surface area contributed by atoms with Gasteiger partial charge in [0.2, 0.25) is 0 Å². The molecule has 1 spiro atoms. The molecule has 0 unspecified atom stereocenters. The van der Waals surface area contributed by atoms with Gasteiger partial charge >= 0.3 is 6.09 Å². The Morgan fingerprint density at radius 3 is 2.59 bits per heavy atom. The topological polar surface area (TPSA) is 92.6 Å². The average molecular weight is 488 g/mol. The number of hydrogen-bond donors (Lipinski definition) is 2. The number of benzene rings is 2. The lowest BCUT2D eigenvalue weighted by atomic mass is 9.87. The van der Waals surface area contributed by atoms with Crippen molar-refractivity contribution >= 4 is 23.4 Å². The van der Waals surface area contributed by atoms with E-state index >= 15 is 0 Å². The lowest BCUT2D eigenvalue weighted by Crippen LogP contribution is -2.56. The van der Waals surface area contributed by atoms with Crippen molar-refractivity contribution in [3.63, 3.8) is 0 Å². The fourth-order valence-corrected chi connectivity index (χ4v) is 4.79. The third-order valence-corrected chi connectivity index (χ3v) is 6.62. The first kappa shape index (κ1) is 24.2. The van der Waals surface area contributed by atoms with E-state index in [-0.39, 0.29) is 17.9 Å². The van der Waals surface area contributed by atoms with Gasteiger partial charge < -0.3 is 24.2 Å². The first-order valence-electron chi connectivity index (χ1n) is 11.4. The van der Waals surface area contributed by atoms with Crippen LogP contribution in [0.2, 0.25) is 5.02 Å². The third kappa shape index (κ3) is 4.93. The Morgan fingerprint density at radius 1 is 1.18 bits per heavy atom. The Labute approximate surface area is 204 Å². The fraction of sp³-hybridized carbons (Fsp3) is 0.440. The SMILES string of the molecule is CCOC(=O)N1CCC2(CC1)N=C(c1cc(Cl)ccc1O)C[C@@H](c1ccc(OC)c(OC)c1)N2. The maximum absolute atomic E-state index is 12.2. The number of methoxy groups -OCH3 is 2. The summed E-state index contributed by atoms with van der Waals surface area (Å²) in [4.78, 5) is 19.0. The molecular formula is C25H30ClN3O5. The number of nitrogens with zero attached hydrogens (tertiary/aromatic N) is 2. The molecule has 9 heteroatoms. The summed E-state index contributed by atoms with van der Waals surface area (Å²) in [5.41, 5.74) is 1.80. The molecule has 34 heavy (non-hydrogen) atoms. The van der Waals surface area contributed by atoms with E-state index in [1.165, 1.54) is 0 Å². The summed E-state index contributed by atoms with van der Waals surface area (Å²) in [6, 6.07) is 10.7. The number of ether oxygens (including phenoxy) is 3. The number of nitrogens with one attached hydrogen (secondary N) is 1. The molecule has 2 aliphatic heterocycles. The van der Waals surface area contributed by atoms with Crippen LogP contribution in [0.15, 0.2) is 41.4 Å². The third-order valence-electron chi connectivity index (χ3n) is 6.39. The highest BCUT2D eigenvalue weighted by Crippen LogP contribution is 2.39. The van der Waals surface area contributed by atoms with Crippen LogP contribution in [0.3, 0.4) is 0 Å². The maximum Gasteiger partial charge on any atom is 0.409 e. The molecule has 2 heterocycles. The summed E-state index contributed by atoms with van der Waals surface area (Å²) in [6.45, 7) is 3.18. The minimum absolute atomic E-state index is 0.0974. The number of hydrogen-bond acceptors (Lipinski definition) is 7. The average Bonchev–Trinajstić information content (AvgIpc) is 2.85. The maximum atomic E-state index is 12.2. The van der Waals surface area contributed by atoms with Crippen LogP contribution in [0, 0.1) is 0 Å². The van der Waals surface area contributed by atoms with Gasteiger partial charge in [-0.3, -0.25) is 10.3 Å². The van der Waals surface area contributed by atoms with Crippen molar-refractivity contribution in [1.29, 1.82) is 0 Å². The molecular weight excluding hydrogens is 458 g/mol. The lowest BCUT2D eigenvalue weighted by molar-refractivity contribution is 0.0779. The Balaban J connectivity index is 1.69. The van der Waals surface area contributed by atoms with Crippen LogP contribution in [0.4, 0.5) is 4.79 Å². The van der Waals surface area contributed by atoms with E-state index < -0.39 is 5.66 Å². The second-order valence-electron chi connectivity index (χ2n) is 8.45. The Kier molecular flexibility index (Phi) is 7.19. The van der Waals surface area contributed by atoms with Crippen molar-refractivity contribution in [2.45, 2.75) is 37.9 Å². The second kappa shape index (κ2) is 10.1. The van der Waals surface area contributed by atoms with E-state index in [4.69, 9.17) is 30.8 Å². The van der Waals surface area contributed by atoms with E-state index in [1.807, 2.05) is 18.2 Å². The number of phenolic OH excluding ortho intramolecular Hbond substituents is 1.